The van der Waals surface area contributed by atoms with Crippen molar-refractivity contribution in [3.8, 4) is 0 Å². The third-order valence-corrected chi connectivity index (χ3v) is 6.60. The van der Waals surface area contributed by atoms with Gasteiger partial charge in [0, 0.05) is 15.6 Å². The zero-order valence-corrected chi connectivity index (χ0v) is 15.9. The predicted molar refractivity (Wildman–Crippen MR) is 99.5 cm³/mol. The van der Waals surface area contributed by atoms with Gasteiger partial charge in [-0.05, 0) is 79.9 Å². The third-order valence-electron chi connectivity index (χ3n) is 6.17. The quantitative estimate of drug-likeness (QED) is 0.805. The Kier molecular flexibility index (Phi) is 4.74. The zero-order chi connectivity index (χ0) is 16.7. The molecule has 1 aromatic carbocycles. The summed E-state index contributed by atoms with van der Waals surface area (Å²) in [5, 5.41) is 8.94. The topological polar surface area (TPSA) is 24.1 Å². The molecule has 2 heterocycles. The lowest BCUT2D eigenvalue weighted by atomic mass is 9.53. The van der Waals surface area contributed by atoms with Crippen LogP contribution in [0.15, 0.2) is 18.2 Å². The van der Waals surface area contributed by atoms with Crippen LogP contribution in [0.25, 0.3) is 0 Å². The van der Waals surface area contributed by atoms with Gasteiger partial charge in [-0.3, -0.25) is 0 Å². The molecule has 2 aliphatic heterocycles. The first-order valence-corrected chi connectivity index (χ1v) is 9.44. The second kappa shape index (κ2) is 6.22. The van der Waals surface area contributed by atoms with Crippen molar-refractivity contribution in [2.75, 3.05) is 19.6 Å². The largest absolute Gasteiger partial charge is 0.317 e. The summed E-state index contributed by atoms with van der Waals surface area (Å²) in [6.45, 7) is 10.5. The molecule has 0 bridgehead atoms. The molecule has 0 aliphatic carbocycles. The highest BCUT2D eigenvalue weighted by molar-refractivity contribution is 6.34. The van der Waals surface area contributed by atoms with Crippen molar-refractivity contribution in [2.45, 2.75) is 52.0 Å². The van der Waals surface area contributed by atoms with Crippen LogP contribution in [0, 0.1) is 10.8 Å². The van der Waals surface area contributed by atoms with Crippen LogP contribution in [0.3, 0.4) is 0 Å². The number of rotatable bonds is 2. The molecule has 0 radical (unpaired) electrons. The summed E-state index contributed by atoms with van der Waals surface area (Å²) in [5.74, 6) is 0. The molecule has 3 rings (SSSR count). The van der Waals surface area contributed by atoms with Gasteiger partial charge in [0.05, 0.1) is 0 Å². The van der Waals surface area contributed by atoms with Crippen molar-refractivity contribution >= 4 is 23.2 Å². The molecular weight excluding hydrogens is 327 g/mol. The second-order valence-electron chi connectivity index (χ2n) is 8.32. The van der Waals surface area contributed by atoms with Crippen LogP contribution in [-0.4, -0.2) is 25.2 Å². The van der Waals surface area contributed by atoms with Gasteiger partial charge >= 0.3 is 0 Å². The van der Waals surface area contributed by atoms with Gasteiger partial charge in [0.25, 0.3) is 0 Å². The van der Waals surface area contributed by atoms with Gasteiger partial charge in [-0.15, -0.1) is 0 Å². The van der Waals surface area contributed by atoms with Crippen molar-refractivity contribution in [2.24, 2.45) is 10.8 Å². The van der Waals surface area contributed by atoms with Crippen molar-refractivity contribution < 1.29 is 0 Å². The summed E-state index contributed by atoms with van der Waals surface area (Å²) >= 11 is 12.5. The van der Waals surface area contributed by atoms with Gasteiger partial charge in [-0.1, -0.05) is 44.0 Å². The molecule has 2 aliphatic rings. The number of nitrogens with one attached hydrogen (secondary N) is 2. The van der Waals surface area contributed by atoms with Crippen molar-refractivity contribution in [1.82, 2.24) is 10.6 Å². The van der Waals surface area contributed by atoms with E-state index in [1.165, 1.54) is 24.8 Å². The maximum absolute atomic E-state index is 6.26. The van der Waals surface area contributed by atoms with Gasteiger partial charge in [0.1, 0.15) is 0 Å². The van der Waals surface area contributed by atoms with E-state index in [4.69, 9.17) is 23.2 Å². The van der Waals surface area contributed by atoms with Gasteiger partial charge < -0.3 is 10.6 Å². The number of hydrogen-bond donors (Lipinski definition) is 2. The highest BCUT2D eigenvalue weighted by Crippen LogP contribution is 2.56. The Morgan fingerprint density at radius 1 is 0.957 bits per heavy atom. The smallest absolute Gasteiger partial charge is 0.0423 e. The molecule has 2 N–H and O–H groups in total. The van der Waals surface area contributed by atoms with E-state index in [1.54, 1.807) is 0 Å². The van der Waals surface area contributed by atoms with Crippen molar-refractivity contribution in [3.05, 3.63) is 33.8 Å². The lowest BCUT2D eigenvalue weighted by molar-refractivity contribution is 0.00336. The fourth-order valence-corrected chi connectivity index (χ4v) is 5.66. The first kappa shape index (κ1) is 17.5. The summed E-state index contributed by atoms with van der Waals surface area (Å²) < 4.78 is 0. The van der Waals surface area contributed by atoms with Crippen LogP contribution in [0.5, 0.6) is 0 Å². The Morgan fingerprint density at radius 3 is 2.09 bits per heavy atom. The summed E-state index contributed by atoms with van der Waals surface area (Å²) in [5.41, 5.74) is 1.83. The number of piperidine rings is 1. The van der Waals surface area contributed by atoms with Crippen LogP contribution in [0.4, 0.5) is 0 Å². The third kappa shape index (κ3) is 3.04. The van der Waals surface area contributed by atoms with Crippen LogP contribution in [-0.2, 0) is 6.42 Å². The molecule has 2 fully saturated rings. The Bertz CT molecular complexity index is 553. The molecule has 0 aromatic heterocycles. The first-order valence-electron chi connectivity index (χ1n) is 8.69. The van der Waals surface area contributed by atoms with Crippen LogP contribution in [0.1, 0.15) is 45.6 Å². The number of benzene rings is 1. The minimum atomic E-state index is 0.0795. The van der Waals surface area contributed by atoms with E-state index in [2.05, 4.69) is 43.5 Å². The lowest BCUT2D eigenvalue weighted by Crippen LogP contribution is -2.64. The molecule has 1 atom stereocenters. The van der Waals surface area contributed by atoms with E-state index in [1.807, 2.05) is 6.07 Å². The first-order chi connectivity index (χ1) is 10.8. The van der Waals surface area contributed by atoms with Crippen LogP contribution < -0.4 is 10.6 Å². The minimum Gasteiger partial charge on any atom is -0.317 e. The molecule has 0 amide bonds. The van der Waals surface area contributed by atoms with E-state index in [0.29, 0.717) is 5.41 Å². The number of halogens is 2. The monoisotopic (exact) mass is 354 g/mol. The molecule has 1 spiro atoms. The van der Waals surface area contributed by atoms with Crippen molar-refractivity contribution in [1.29, 1.82) is 0 Å². The SMILES string of the molecule is CC(C)(C)C1(Cc2cc(Cl)cc(Cl)c2)NCCC12CCNCC2. The van der Waals surface area contributed by atoms with Gasteiger partial charge in [0.2, 0.25) is 0 Å². The maximum atomic E-state index is 6.26. The van der Waals surface area contributed by atoms with E-state index >= 15 is 0 Å². The average molecular weight is 355 g/mol. The predicted octanol–water partition coefficient (Wildman–Crippen LogP) is 4.68. The van der Waals surface area contributed by atoms with Crippen LogP contribution >= 0.6 is 23.2 Å². The fraction of sp³-hybridized carbons (Fsp3) is 0.684. The fourth-order valence-electron chi connectivity index (χ4n) is 5.09. The Balaban J connectivity index is 2.03. The number of hydrogen-bond acceptors (Lipinski definition) is 2. The van der Waals surface area contributed by atoms with Gasteiger partial charge in [0.15, 0.2) is 0 Å². The van der Waals surface area contributed by atoms with E-state index in [0.717, 1.165) is 36.1 Å². The van der Waals surface area contributed by atoms with E-state index in [-0.39, 0.29) is 11.0 Å². The minimum absolute atomic E-state index is 0.0795. The van der Waals surface area contributed by atoms with Gasteiger partial charge in [-0.2, -0.15) is 0 Å². The van der Waals surface area contributed by atoms with Crippen LogP contribution in [0.2, 0.25) is 10.0 Å². The zero-order valence-electron chi connectivity index (χ0n) is 14.4. The van der Waals surface area contributed by atoms with Crippen molar-refractivity contribution in [3.63, 3.8) is 0 Å². The molecular formula is C19H28Cl2N2. The average Bonchev–Trinajstić information content (AvgIpc) is 2.77. The molecule has 0 saturated carbocycles. The standard InChI is InChI=1S/C19H28Cl2N2/c1-17(2,3)19(13-14-10-15(20)12-16(21)11-14)18(6-9-23-19)4-7-22-8-5-18/h10-12,22-23H,4-9,13H2,1-3H3. The second-order valence-corrected chi connectivity index (χ2v) is 9.19. The lowest BCUT2D eigenvalue weighted by Gasteiger charge is -2.56. The molecule has 1 unspecified atom stereocenters. The highest BCUT2D eigenvalue weighted by Gasteiger charge is 2.59. The summed E-state index contributed by atoms with van der Waals surface area (Å²) in [6.07, 6.45) is 4.73. The normalized spacial score (nSPS) is 27.5. The molecule has 2 saturated heterocycles. The van der Waals surface area contributed by atoms with E-state index in [9.17, 15) is 0 Å². The highest BCUT2D eigenvalue weighted by atomic mass is 35.5. The molecule has 2 nitrogen and oxygen atoms in total. The summed E-state index contributed by atoms with van der Waals surface area (Å²) in [7, 11) is 0. The summed E-state index contributed by atoms with van der Waals surface area (Å²) in [6, 6.07) is 5.98. The molecule has 4 heteroatoms. The molecule has 1 aromatic rings. The Morgan fingerprint density at radius 2 is 1.52 bits per heavy atom. The maximum Gasteiger partial charge on any atom is 0.0423 e. The Hall–Kier alpha value is -0.280. The van der Waals surface area contributed by atoms with Gasteiger partial charge in [-0.25, -0.2) is 0 Å². The van der Waals surface area contributed by atoms with E-state index < -0.39 is 0 Å². The molecule has 23 heavy (non-hydrogen) atoms. The Labute approximate surface area is 150 Å². The molecule has 128 valence electrons. The summed E-state index contributed by atoms with van der Waals surface area (Å²) in [4.78, 5) is 0.